The van der Waals surface area contributed by atoms with Crippen LogP contribution in [0, 0.1) is 11.8 Å². The van der Waals surface area contributed by atoms with Crippen molar-refractivity contribution >= 4 is 45.6 Å². The fourth-order valence-corrected chi connectivity index (χ4v) is 5.10. The lowest BCUT2D eigenvalue weighted by molar-refractivity contribution is -0.105. The minimum atomic E-state index is -2.75. The first kappa shape index (κ1) is 25.5. The minimum absolute atomic E-state index is 0.131. The van der Waals surface area contributed by atoms with Crippen LogP contribution >= 0.6 is 11.6 Å². The van der Waals surface area contributed by atoms with E-state index in [1.807, 2.05) is 6.07 Å². The van der Waals surface area contributed by atoms with Crippen molar-refractivity contribution in [1.29, 1.82) is 0 Å². The Morgan fingerprint density at radius 2 is 2.05 bits per heavy atom. The molecule has 1 aromatic carbocycles. The van der Waals surface area contributed by atoms with Gasteiger partial charge in [0.1, 0.15) is 5.02 Å². The Morgan fingerprint density at radius 1 is 1.30 bits per heavy atom. The van der Waals surface area contributed by atoms with Crippen molar-refractivity contribution in [3.63, 3.8) is 0 Å². The average Bonchev–Trinajstić information content (AvgIpc) is 3.13. The second kappa shape index (κ2) is 9.94. The normalized spacial score (nSPS) is 21.1. The molecule has 2 unspecified atom stereocenters. The van der Waals surface area contributed by atoms with Crippen LogP contribution in [-0.4, -0.2) is 58.4 Å². The van der Waals surface area contributed by atoms with Gasteiger partial charge in [-0.25, -0.2) is 13.8 Å². The fraction of sp³-hybridized carbons (Fsp3) is 0.480. The molecule has 4 heterocycles. The van der Waals surface area contributed by atoms with Crippen LogP contribution in [0.5, 0.6) is 5.75 Å². The molecule has 2 aromatic heterocycles. The zero-order chi connectivity index (χ0) is 26.3. The third-order valence-electron chi connectivity index (χ3n) is 7.00. The van der Waals surface area contributed by atoms with Crippen LogP contribution in [0.15, 0.2) is 29.2 Å². The number of alkyl halides is 2. The summed E-state index contributed by atoms with van der Waals surface area (Å²) in [5, 5.41) is 17.1. The molecule has 9 nitrogen and oxygen atoms in total. The summed E-state index contributed by atoms with van der Waals surface area (Å²) in [5.41, 5.74) is 1.59. The number of nitrogens with zero attached hydrogens (tertiary/aromatic N) is 4. The molecule has 0 bridgehead atoms. The molecule has 1 saturated heterocycles. The summed E-state index contributed by atoms with van der Waals surface area (Å²) < 4.78 is 35.9. The zero-order valence-electron chi connectivity index (χ0n) is 20.6. The van der Waals surface area contributed by atoms with E-state index in [-0.39, 0.29) is 42.6 Å². The van der Waals surface area contributed by atoms with Crippen LogP contribution in [-0.2, 0) is 6.54 Å². The summed E-state index contributed by atoms with van der Waals surface area (Å²) in [6.45, 7) is 4.33. The molecule has 3 N–H and O–H groups in total. The van der Waals surface area contributed by atoms with Gasteiger partial charge in [-0.15, -0.1) is 0 Å². The predicted octanol–water partition coefficient (Wildman–Crippen LogP) is 4.10. The molecule has 0 saturated carbocycles. The number of aliphatic hydroxyl groups excluding tert-OH is 1. The summed E-state index contributed by atoms with van der Waals surface area (Å²) in [7, 11) is 0. The van der Waals surface area contributed by atoms with E-state index in [9.17, 15) is 18.7 Å². The van der Waals surface area contributed by atoms with Crippen LogP contribution in [0.1, 0.15) is 20.3 Å². The molecule has 3 aromatic rings. The quantitative estimate of drug-likeness (QED) is 0.449. The van der Waals surface area contributed by atoms with Crippen molar-refractivity contribution in [2.45, 2.75) is 32.7 Å². The van der Waals surface area contributed by atoms with Crippen LogP contribution in [0.3, 0.4) is 0 Å². The number of anilines is 4. The van der Waals surface area contributed by atoms with Crippen molar-refractivity contribution in [1.82, 2.24) is 14.5 Å². The molecular formula is C25H29ClF2N6O3. The molecule has 2 aliphatic rings. The van der Waals surface area contributed by atoms with Crippen LogP contribution in [0.25, 0.3) is 10.9 Å². The van der Waals surface area contributed by atoms with Crippen LogP contribution in [0.2, 0.25) is 5.02 Å². The predicted molar refractivity (Wildman–Crippen MR) is 140 cm³/mol. The highest BCUT2D eigenvalue weighted by molar-refractivity contribution is 6.32. The number of aromatic nitrogens is 3. The van der Waals surface area contributed by atoms with Gasteiger partial charge in [-0.2, -0.15) is 4.98 Å². The first-order valence-corrected chi connectivity index (χ1v) is 12.7. The third-order valence-corrected chi connectivity index (χ3v) is 7.27. The number of aliphatic hydroxyl groups is 1. The standard InChI is InChI=1S/C25H29ClF2N6O3/c1-14-12-33(13-15(2)25(14,27)28)24-30-11-18(26)22(32-24)31-16-4-5-19-17(10-16)20-21(37-9-3-6-29-20)23(36)34(19)7-8-35/h4-5,10-11,14-15,29,35H,3,6-9,12-13H2,1-2H3,(H,30,31,32). The number of piperidine rings is 1. The van der Waals surface area contributed by atoms with Crippen molar-refractivity contribution in [3.8, 4) is 5.75 Å². The van der Waals surface area contributed by atoms with Gasteiger partial charge in [-0.3, -0.25) is 4.79 Å². The summed E-state index contributed by atoms with van der Waals surface area (Å²) >= 11 is 6.40. The minimum Gasteiger partial charge on any atom is -0.486 e. The largest absolute Gasteiger partial charge is 0.486 e. The van der Waals surface area contributed by atoms with Gasteiger partial charge in [-0.1, -0.05) is 25.4 Å². The number of fused-ring (bicyclic) bond motifs is 3. The van der Waals surface area contributed by atoms with E-state index < -0.39 is 17.8 Å². The van der Waals surface area contributed by atoms with Gasteiger partial charge < -0.3 is 29.9 Å². The highest BCUT2D eigenvalue weighted by atomic mass is 35.5. The van der Waals surface area contributed by atoms with Crippen LogP contribution < -0.4 is 25.8 Å². The van der Waals surface area contributed by atoms with E-state index >= 15 is 0 Å². The van der Waals surface area contributed by atoms with E-state index in [1.54, 1.807) is 17.0 Å². The molecule has 0 radical (unpaired) electrons. The molecule has 12 heteroatoms. The fourth-order valence-electron chi connectivity index (χ4n) is 4.96. The van der Waals surface area contributed by atoms with Crippen molar-refractivity contribution in [2.75, 3.05) is 48.4 Å². The van der Waals surface area contributed by atoms with E-state index in [2.05, 4.69) is 20.6 Å². The van der Waals surface area contributed by atoms with Gasteiger partial charge in [0.25, 0.3) is 11.5 Å². The number of pyridine rings is 1. The third kappa shape index (κ3) is 4.66. The monoisotopic (exact) mass is 534 g/mol. The van der Waals surface area contributed by atoms with Gasteiger partial charge in [0, 0.05) is 49.1 Å². The Balaban J connectivity index is 1.51. The van der Waals surface area contributed by atoms with E-state index in [4.69, 9.17) is 16.3 Å². The van der Waals surface area contributed by atoms with Gasteiger partial charge in [0.15, 0.2) is 5.82 Å². The Labute approximate surface area is 217 Å². The number of hydrogen-bond acceptors (Lipinski definition) is 8. The maximum atomic E-state index is 14.3. The second-order valence-corrected chi connectivity index (χ2v) is 10.0. The molecular weight excluding hydrogens is 506 g/mol. The lowest BCUT2D eigenvalue weighted by atomic mass is 9.87. The molecule has 2 aliphatic heterocycles. The molecule has 5 rings (SSSR count). The van der Waals surface area contributed by atoms with Gasteiger partial charge in [0.05, 0.1) is 30.6 Å². The summed E-state index contributed by atoms with van der Waals surface area (Å²) in [6, 6.07) is 5.42. The van der Waals surface area contributed by atoms with E-state index in [1.165, 1.54) is 24.6 Å². The number of halogens is 3. The number of nitrogens with one attached hydrogen (secondary N) is 2. The Kier molecular flexibility index (Phi) is 6.84. The first-order chi connectivity index (χ1) is 17.7. The maximum absolute atomic E-state index is 14.3. The molecule has 37 heavy (non-hydrogen) atoms. The molecule has 0 amide bonds. The smallest absolute Gasteiger partial charge is 0.295 e. The Bertz CT molecular complexity index is 1370. The molecule has 0 spiro atoms. The Morgan fingerprint density at radius 3 is 2.78 bits per heavy atom. The summed E-state index contributed by atoms with van der Waals surface area (Å²) in [6.07, 6.45) is 2.20. The van der Waals surface area contributed by atoms with E-state index in [0.29, 0.717) is 41.8 Å². The number of hydrogen-bond donors (Lipinski definition) is 3. The molecule has 0 aliphatic carbocycles. The Hall–Kier alpha value is -3.18. The topological polar surface area (TPSA) is 105 Å². The SMILES string of the molecule is CC1CN(c2ncc(Cl)c(Nc3ccc4c(c3)c3c(c(=O)n4CCO)OCCCN3)n2)CC(C)C1(F)F. The molecule has 198 valence electrons. The lowest BCUT2D eigenvalue weighted by Gasteiger charge is -2.41. The maximum Gasteiger partial charge on any atom is 0.295 e. The van der Waals surface area contributed by atoms with Crippen molar-refractivity contribution < 1.29 is 18.6 Å². The average molecular weight is 535 g/mol. The highest BCUT2D eigenvalue weighted by Crippen LogP contribution is 2.39. The molecule has 1 fully saturated rings. The zero-order valence-corrected chi connectivity index (χ0v) is 21.4. The first-order valence-electron chi connectivity index (χ1n) is 12.3. The molecule has 2 atom stereocenters. The number of benzene rings is 1. The van der Waals surface area contributed by atoms with Gasteiger partial charge >= 0.3 is 0 Å². The number of rotatable bonds is 5. The lowest BCUT2D eigenvalue weighted by Crippen LogP contribution is -2.52. The highest BCUT2D eigenvalue weighted by Gasteiger charge is 2.47. The van der Waals surface area contributed by atoms with Gasteiger partial charge in [-0.05, 0) is 24.6 Å². The van der Waals surface area contributed by atoms with Crippen molar-refractivity contribution in [2.24, 2.45) is 11.8 Å². The van der Waals surface area contributed by atoms with Gasteiger partial charge in [0.2, 0.25) is 11.7 Å². The van der Waals surface area contributed by atoms with E-state index in [0.717, 1.165) is 11.8 Å². The number of ether oxygens (including phenoxy) is 1. The second-order valence-electron chi connectivity index (χ2n) is 9.62. The van der Waals surface area contributed by atoms with Crippen molar-refractivity contribution in [3.05, 3.63) is 39.8 Å². The summed E-state index contributed by atoms with van der Waals surface area (Å²) in [4.78, 5) is 23.6. The summed E-state index contributed by atoms with van der Waals surface area (Å²) in [5.74, 6) is -3.54. The van der Waals surface area contributed by atoms with Crippen LogP contribution in [0.4, 0.5) is 31.9 Å².